The van der Waals surface area contributed by atoms with Gasteiger partial charge < -0.3 is 14.8 Å². The van der Waals surface area contributed by atoms with Crippen LogP contribution in [0.25, 0.3) is 0 Å². The SMILES string of the molecule is CCOc1ccc([C@H](C)NC(=O)c2cc(S(=O)(=O)N3CCCCCC3)ccc2OC)cc1. The molecule has 2 aromatic carbocycles. The number of ether oxygens (including phenoxy) is 2. The summed E-state index contributed by atoms with van der Waals surface area (Å²) < 4.78 is 38.7. The first-order valence-electron chi connectivity index (χ1n) is 11.1. The molecule has 32 heavy (non-hydrogen) atoms. The third kappa shape index (κ3) is 5.61. The lowest BCUT2D eigenvalue weighted by atomic mass is 10.1. The molecule has 0 aliphatic carbocycles. The van der Waals surface area contributed by atoms with Gasteiger partial charge in [0.1, 0.15) is 11.5 Å². The lowest BCUT2D eigenvalue weighted by Crippen LogP contribution is -2.32. The second kappa shape index (κ2) is 10.8. The molecule has 0 radical (unpaired) electrons. The Labute approximate surface area is 190 Å². The maximum absolute atomic E-state index is 13.2. The molecule has 0 spiro atoms. The van der Waals surface area contributed by atoms with Crippen molar-refractivity contribution in [2.45, 2.75) is 50.5 Å². The molecule has 1 fully saturated rings. The molecule has 1 amide bonds. The summed E-state index contributed by atoms with van der Waals surface area (Å²) in [6.45, 7) is 5.39. The van der Waals surface area contributed by atoms with Crippen LogP contribution in [0.3, 0.4) is 0 Å². The highest BCUT2D eigenvalue weighted by Gasteiger charge is 2.27. The fourth-order valence-electron chi connectivity index (χ4n) is 3.83. The van der Waals surface area contributed by atoms with Crippen molar-refractivity contribution in [3.05, 3.63) is 53.6 Å². The Kier molecular flexibility index (Phi) is 8.15. The molecule has 0 bridgehead atoms. The number of nitrogens with one attached hydrogen (secondary N) is 1. The van der Waals surface area contributed by atoms with Gasteiger partial charge in [-0.2, -0.15) is 4.31 Å². The Balaban J connectivity index is 1.82. The third-order valence-corrected chi connectivity index (χ3v) is 7.55. The van der Waals surface area contributed by atoms with Gasteiger partial charge in [-0.25, -0.2) is 8.42 Å². The standard InChI is InChI=1S/C24H32N2O5S/c1-4-31-20-11-9-19(10-12-20)18(2)25-24(27)22-17-21(13-14-23(22)30-3)32(28,29)26-15-7-5-6-8-16-26/h9-14,17-18H,4-8,15-16H2,1-3H3,(H,25,27)/t18-/m0/s1. The molecule has 1 N–H and O–H groups in total. The molecule has 0 aromatic heterocycles. The van der Waals surface area contributed by atoms with Crippen LogP contribution in [-0.2, 0) is 10.0 Å². The van der Waals surface area contributed by atoms with Crippen LogP contribution in [-0.4, -0.2) is 45.4 Å². The molecule has 1 heterocycles. The molecule has 1 aliphatic heterocycles. The van der Waals surface area contributed by atoms with E-state index < -0.39 is 15.9 Å². The van der Waals surface area contributed by atoms with Gasteiger partial charge in [0.05, 0.1) is 30.2 Å². The molecule has 0 saturated carbocycles. The zero-order valence-electron chi connectivity index (χ0n) is 19.0. The number of amides is 1. The maximum Gasteiger partial charge on any atom is 0.255 e. The third-order valence-electron chi connectivity index (χ3n) is 5.66. The van der Waals surface area contributed by atoms with Crippen molar-refractivity contribution < 1.29 is 22.7 Å². The van der Waals surface area contributed by atoms with Crippen molar-refractivity contribution in [2.75, 3.05) is 26.8 Å². The number of carbonyl (C=O) groups is 1. The number of sulfonamides is 1. The van der Waals surface area contributed by atoms with E-state index in [1.165, 1.54) is 23.5 Å². The summed E-state index contributed by atoms with van der Waals surface area (Å²) in [6, 6.07) is 11.7. The fraction of sp³-hybridized carbons (Fsp3) is 0.458. The van der Waals surface area contributed by atoms with Gasteiger partial charge in [-0.3, -0.25) is 4.79 Å². The molecular formula is C24H32N2O5S. The van der Waals surface area contributed by atoms with Crippen molar-refractivity contribution >= 4 is 15.9 Å². The Morgan fingerprint density at radius 2 is 1.72 bits per heavy atom. The highest BCUT2D eigenvalue weighted by molar-refractivity contribution is 7.89. The van der Waals surface area contributed by atoms with E-state index in [1.54, 1.807) is 6.07 Å². The summed E-state index contributed by atoms with van der Waals surface area (Å²) in [5.74, 6) is 0.704. The minimum Gasteiger partial charge on any atom is -0.496 e. The highest BCUT2D eigenvalue weighted by Crippen LogP contribution is 2.27. The summed E-state index contributed by atoms with van der Waals surface area (Å²) in [4.78, 5) is 13.2. The van der Waals surface area contributed by atoms with Crippen molar-refractivity contribution in [3.8, 4) is 11.5 Å². The van der Waals surface area contributed by atoms with Gasteiger partial charge in [0.25, 0.3) is 5.91 Å². The molecule has 1 saturated heterocycles. The van der Waals surface area contributed by atoms with Crippen LogP contribution in [0, 0.1) is 0 Å². The van der Waals surface area contributed by atoms with Crippen LogP contribution < -0.4 is 14.8 Å². The lowest BCUT2D eigenvalue weighted by molar-refractivity contribution is 0.0936. The Hall–Kier alpha value is -2.58. The summed E-state index contributed by atoms with van der Waals surface area (Å²) in [6.07, 6.45) is 3.77. The summed E-state index contributed by atoms with van der Waals surface area (Å²) in [5, 5.41) is 2.94. The second-order valence-electron chi connectivity index (χ2n) is 7.88. The van der Waals surface area contributed by atoms with Crippen LogP contribution in [0.1, 0.15) is 61.5 Å². The number of methoxy groups -OCH3 is 1. The van der Waals surface area contributed by atoms with Crippen LogP contribution in [0.15, 0.2) is 47.4 Å². The predicted molar refractivity (Wildman–Crippen MR) is 124 cm³/mol. The minimum absolute atomic E-state index is 0.110. The number of benzene rings is 2. The van der Waals surface area contributed by atoms with E-state index in [2.05, 4.69) is 5.32 Å². The molecule has 174 valence electrons. The van der Waals surface area contributed by atoms with E-state index in [9.17, 15) is 13.2 Å². The Morgan fingerprint density at radius 3 is 2.31 bits per heavy atom. The van der Waals surface area contributed by atoms with Crippen LogP contribution >= 0.6 is 0 Å². The van der Waals surface area contributed by atoms with Crippen LogP contribution in [0.5, 0.6) is 11.5 Å². The Bertz CT molecular complexity index is 1010. The molecular weight excluding hydrogens is 428 g/mol. The summed E-state index contributed by atoms with van der Waals surface area (Å²) in [5.41, 5.74) is 1.11. The highest BCUT2D eigenvalue weighted by atomic mass is 32.2. The quantitative estimate of drug-likeness (QED) is 0.640. The topological polar surface area (TPSA) is 84.9 Å². The first-order valence-corrected chi connectivity index (χ1v) is 12.5. The molecule has 1 atom stereocenters. The normalized spacial score (nSPS) is 16.1. The number of hydrogen-bond donors (Lipinski definition) is 1. The maximum atomic E-state index is 13.2. The Morgan fingerprint density at radius 1 is 1.06 bits per heavy atom. The first kappa shape index (κ1) is 24.1. The molecule has 7 nitrogen and oxygen atoms in total. The van der Waals surface area contributed by atoms with Gasteiger partial charge in [0.15, 0.2) is 0 Å². The number of nitrogens with zero attached hydrogens (tertiary/aromatic N) is 1. The predicted octanol–water partition coefficient (Wildman–Crippen LogP) is 4.15. The number of carbonyl (C=O) groups excluding carboxylic acids is 1. The van der Waals surface area contributed by atoms with Gasteiger partial charge in [0, 0.05) is 13.1 Å². The van der Waals surface area contributed by atoms with Crippen molar-refractivity contribution in [3.63, 3.8) is 0 Å². The average Bonchev–Trinajstić information content (AvgIpc) is 3.09. The fourth-order valence-corrected chi connectivity index (χ4v) is 5.38. The zero-order chi connectivity index (χ0) is 23.1. The minimum atomic E-state index is -3.67. The van der Waals surface area contributed by atoms with Crippen LogP contribution in [0.2, 0.25) is 0 Å². The van der Waals surface area contributed by atoms with Gasteiger partial charge in [-0.15, -0.1) is 0 Å². The summed E-state index contributed by atoms with van der Waals surface area (Å²) in [7, 11) is -2.21. The molecule has 0 unspecified atom stereocenters. The monoisotopic (exact) mass is 460 g/mol. The first-order chi connectivity index (χ1) is 15.4. The number of hydrogen-bond acceptors (Lipinski definition) is 5. The van der Waals surface area contributed by atoms with Crippen LogP contribution in [0.4, 0.5) is 0 Å². The smallest absolute Gasteiger partial charge is 0.255 e. The second-order valence-corrected chi connectivity index (χ2v) is 9.82. The summed E-state index contributed by atoms with van der Waals surface area (Å²) >= 11 is 0. The van der Waals surface area contributed by atoms with Gasteiger partial charge >= 0.3 is 0 Å². The van der Waals surface area contributed by atoms with Gasteiger partial charge in [0.2, 0.25) is 10.0 Å². The van der Waals surface area contributed by atoms with Gasteiger partial charge in [-0.05, 0) is 62.6 Å². The van der Waals surface area contributed by atoms with E-state index >= 15 is 0 Å². The van der Waals surface area contributed by atoms with Crippen molar-refractivity contribution in [1.29, 1.82) is 0 Å². The molecule has 2 aromatic rings. The van der Waals surface area contributed by atoms with E-state index in [0.717, 1.165) is 37.0 Å². The van der Waals surface area contributed by atoms with E-state index in [0.29, 0.717) is 25.4 Å². The average molecular weight is 461 g/mol. The van der Waals surface area contributed by atoms with E-state index in [-0.39, 0.29) is 16.5 Å². The number of rotatable bonds is 8. The van der Waals surface area contributed by atoms with E-state index in [4.69, 9.17) is 9.47 Å². The molecule has 8 heteroatoms. The van der Waals surface area contributed by atoms with Crippen molar-refractivity contribution in [2.24, 2.45) is 0 Å². The molecule has 3 rings (SSSR count). The largest absolute Gasteiger partial charge is 0.496 e. The molecule has 1 aliphatic rings. The zero-order valence-corrected chi connectivity index (χ0v) is 19.8. The lowest BCUT2D eigenvalue weighted by Gasteiger charge is -2.21. The van der Waals surface area contributed by atoms with Gasteiger partial charge in [-0.1, -0.05) is 25.0 Å². The van der Waals surface area contributed by atoms with E-state index in [1.807, 2.05) is 38.1 Å². The van der Waals surface area contributed by atoms with Crippen molar-refractivity contribution in [1.82, 2.24) is 9.62 Å².